The number of aliphatic hydroxyl groups excluding tert-OH is 1. The Bertz CT molecular complexity index is 690. The Morgan fingerprint density at radius 3 is 2.73 bits per heavy atom. The van der Waals surface area contributed by atoms with E-state index in [2.05, 4.69) is 10.6 Å². The second-order valence-corrected chi connectivity index (χ2v) is 5.86. The van der Waals surface area contributed by atoms with Gasteiger partial charge in [0.15, 0.2) is 0 Å². The predicted octanol–water partition coefficient (Wildman–Crippen LogP) is 1.44. The van der Waals surface area contributed by atoms with Crippen molar-refractivity contribution in [3.63, 3.8) is 0 Å². The fraction of sp³-hybridized carbons (Fsp3) is 0.286. The number of halogens is 2. The van der Waals surface area contributed by atoms with Crippen LogP contribution in [0.15, 0.2) is 29.5 Å². The summed E-state index contributed by atoms with van der Waals surface area (Å²) in [6.07, 6.45) is 0. The van der Waals surface area contributed by atoms with E-state index < -0.39 is 6.04 Å². The minimum atomic E-state index is -0.588. The van der Waals surface area contributed by atoms with Crippen LogP contribution in [0.25, 0.3) is 0 Å². The second-order valence-electron chi connectivity index (χ2n) is 5.05. The molecule has 3 N–H and O–H groups in total. The third-order valence-corrected chi connectivity index (χ3v) is 4.41. The molecule has 1 aromatic carbocycles. The molecule has 2 aliphatic rings. The topological polar surface area (TPSA) is 81.7 Å². The molecule has 116 valence electrons. The zero-order valence-electron chi connectivity index (χ0n) is 11.4. The summed E-state index contributed by atoms with van der Waals surface area (Å²) in [5.41, 5.74) is 1.70. The molecular weight excluding hydrogens is 329 g/mol. The SMILES string of the molecule is O=C1NC2=C(C(=O)N(CCO)C2)C(c2ccc(Cl)c(Cl)c2)N1. The fourth-order valence-electron chi connectivity index (χ4n) is 2.67. The quantitative estimate of drug-likeness (QED) is 0.777. The number of nitrogens with zero attached hydrogens (tertiary/aromatic N) is 1. The zero-order chi connectivity index (χ0) is 15.9. The Morgan fingerprint density at radius 1 is 1.27 bits per heavy atom. The van der Waals surface area contributed by atoms with E-state index in [0.29, 0.717) is 26.9 Å². The van der Waals surface area contributed by atoms with Gasteiger partial charge in [0.1, 0.15) is 0 Å². The maximum atomic E-state index is 12.5. The van der Waals surface area contributed by atoms with Crippen molar-refractivity contribution in [3.05, 3.63) is 45.1 Å². The van der Waals surface area contributed by atoms with Gasteiger partial charge in [0.2, 0.25) is 0 Å². The minimum absolute atomic E-state index is 0.134. The Kier molecular flexibility index (Phi) is 3.99. The van der Waals surface area contributed by atoms with E-state index in [4.69, 9.17) is 28.3 Å². The van der Waals surface area contributed by atoms with Crippen molar-refractivity contribution in [2.75, 3.05) is 19.7 Å². The Balaban J connectivity index is 1.99. The highest BCUT2D eigenvalue weighted by atomic mass is 35.5. The van der Waals surface area contributed by atoms with Crippen molar-refractivity contribution in [1.29, 1.82) is 0 Å². The Hall–Kier alpha value is -1.76. The first-order chi connectivity index (χ1) is 10.5. The number of benzene rings is 1. The maximum absolute atomic E-state index is 12.5. The maximum Gasteiger partial charge on any atom is 0.319 e. The lowest BCUT2D eigenvalue weighted by molar-refractivity contribution is -0.126. The number of amides is 3. The molecule has 22 heavy (non-hydrogen) atoms. The van der Waals surface area contributed by atoms with Crippen LogP contribution >= 0.6 is 23.2 Å². The van der Waals surface area contributed by atoms with E-state index in [1.54, 1.807) is 18.2 Å². The number of nitrogens with one attached hydrogen (secondary N) is 2. The van der Waals surface area contributed by atoms with Crippen molar-refractivity contribution < 1.29 is 14.7 Å². The first kappa shape index (κ1) is 15.1. The van der Waals surface area contributed by atoms with Gasteiger partial charge >= 0.3 is 6.03 Å². The third-order valence-electron chi connectivity index (χ3n) is 3.67. The summed E-state index contributed by atoms with van der Waals surface area (Å²) < 4.78 is 0. The summed E-state index contributed by atoms with van der Waals surface area (Å²) in [6, 6.07) is 4.01. The first-order valence-corrected chi connectivity index (χ1v) is 7.42. The smallest absolute Gasteiger partial charge is 0.319 e. The average molecular weight is 342 g/mol. The molecular formula is C14H13Cl2N3O3. The van der Waals surface area contributed by atoms with Crippen molar-refractivity contribution in [2.24, 2.45) is 0 Å². The van der Waals surface area contributed by atoms with Gasteiger partial charge in [-0.05, 0) is 17.7 Å². The summed E-state index contributed by atoms with van der Waals surface area (Å²) in [4.78, 5) is 25.8. The van der Waals surface area contributed by atoms with Crippen LogP contribution in [0.3, 0.4) is 0 Å². The molecule has 0 bridgehead atoms. The van der Waals surface area contributed by atoms with Crippen LogP contribution in [0.2, 0.25) is 10.0 Å². The summed E-state index contributed by atoms with van der Waals surface area (Å²) in [5.74, 6) is -0.215. The van der Waals surface area contributed by atoms with Gasteiger partial charge in [0.25, 0.3) is 5.91 Å². The summed E-state index contributed by atoms with van der Waals surface area (Å²) in [7, 11) is 0. The van der Waals surface area contributed by atoms with Gasteiger partial charge in [-0.3, -0.25) is 4.79 Å². The van der Waals surface area contributed by atoms with E-state index in [-0.39, 0.29) is 31.6 Å². The molecule has 1 atom stereocenters. The average Bonchev–Trinajstić information content (AvgIpc) is 2.78. The van der Waals surface area contributed by atoms with Crippen molar-refractivity contribution in [1.82, 2.24) is 15.5 Å². The number of urea groups is 1. The summed E-state index contributed by atoms with van der Waals surface area (Å²) >= 11 is 11.9. The lowest BCUT2D eigenvalue weighted by atomic mass is 9.96. The van der Waals surface area contributed by atoms with Crippen LogP contribution in [0.5, 0.6) is 0 Å². The number of carbonyl (C=O) groups excluding carboxylic acids is 2. The molecule has 0 spiro atoms. The molecule has 0 fully saturated rings. The van der Waals surface area contributed by atoms with Gasteiger partial charge in [-0.1, -0.05) is 29.3 Å². The van der Waals surface area contributed by atoms with Gasteiger partial charge in [0.05, 0.1) is 40.5 Å². The molecule has 2 heterocycles. The molecule has 0 aromatic heterocycles. The Morgan fingerprint density at radius 2 is 2.05 bits per heavy atom. The first-order valence-electron chi connectivity index (χ1n) is 6.67. The molecule has 0 saturated heterocycles. The zero-order valence-corrected chi connectivity index (χ0v) is 12.9. The van der Waals surface area contributed by atoms with Gasteiger partial charge in [0, 0.05) is 6.54 Å². The van der Waals surface area contributed by atoms with Crippen LogP contribution in [0, 0.1) is 0 Å². The highest BCUT2D eigenvalue weighted by Crippen LogP contribution is 2.34. The molecule has 0 aliphatic carbocycles. The van der Waals surface area contributed by atoms with Crippen molar-refractivity contribution in [2.45, 2.75) is 6.04 Å². The molecule has 1 unspecified atom stereocenters. The second kappa shape index (κ2) is 5.79. The molecule has 3 rings (SSSR count). The van der Waals surface area contributed by atoms with Crippen molar-refractivity contribution >= 4 is 35.1 Å². The van der Waals surface area contributed by atoms with Crippen molar-refractivity contribution in [3.8, 4) is 0 Å². The Labute approximate surface area is 136 Å². The van der Waals surface area contributed by atoms with Gasteiger partial charge in [-0.15, -0.1) is 0 Å². The van der Waals surface area contributed by atoms with Gasteiger partial charge < -0.3 is 20.6 Å². The molecule has 1 aromatic rings. The van der Waals surface area contributed by atoms with Crippen LogP contribution in [0.4, 0.5) is 4.79 Å². The van der Waals surface area contributed by atoms with Crippen LogP contribution in [0.1, 0.15) is 11.6 Å². The summed E-state index contributed by atoms with van der Waals surface area (Å²) in [6.45, 7) is 0.362. The normalized spacial score (nSPS) is 20.9. The van der Waals surface area contributed by atoms with Crippen LogP contribution in [-0.2, 0) is 4.79 Å². The minimum Gasteiger partial charge on any atom is -0.395 e. The number of aliphatic hydroxyl groups is 1. The number of hydrogen-bond donors (Lipinski definition) is 3. The van der Waals surface area contributed by atoms with Crippen LogP contribution in [-0.4, -0.2) is 41.6 Å². The predicted molar refractivity (Wildman–Crippen MR) is 81.6 cm³/mol. The van der Waals surface area contributed by atoms with Crippen LogP contribution < -0.4 is 10.6 Å². The lowest BCUT2D eigenvalue weighted by Crippen LogP contribution is -2.44. The monoisotopic (exact) mass is 341 g/mol. The van der Waals surface area contributed by atoms with E-state index in [0.717, 1.165) is 0 Å². The molecule has 0 saturated carbocycles. The fourth-order valence-corrected chi connectivity index (χ4v) is 2.98. The van der Waals surface area contributed by atoms with E-state index in [1.165, 1.54) is 4.90 Å². The molecule has 6 nitrogen and oxygen atoms in total. The molecule has 2 aliphatic heterocycles. The highest BCUT2D eigenvalue weighted by molar-refractivity contribution is 6.42. The van der Waals surface area contributed by atoms with Gasteiger partial charge in [-0.25, -0.2) is 4.79 Å². The van der Waals surface area contributed by atoms with E-state index >= 15 is 0 Å². The van der Waals surface area contributed by atoms with Gasteiger partial charge in [-0.2, -0.15) is 0 Å². The van der Waals surface area contributed by atoms with E-state index in [9.17, 15) is 9.59 Å². The number of rotatable bonds is 3. The highest BCUT2D eigenvalue weighted by Gasteiger charge is 2.40. The molecule has 8 heteroatoms. The van der Waals surface area contributed by atoms with E-state index in [1.807, 2.05) is 0 Å². The number of β-amino-alcohol motifs (C(OH)–C–C–N with tert-alkyl or cyclic N) is 1. The third kappa shape index (κ3) is 2.54. The number of hydrogen-bond acceptors (Lipinski definition) is 3. The summed E-state index contributed by atoms with van der Waals surface area (Å²) in [5, 5.41) is 15.2. The lowest BCUT2D eigenvalue weighted by Gasteiger charge is -2.25. The largest absolute Gasteiger partial charge is 0.395 e. The molecule has 0 radical (unpaired) electrons. The standard InChI is InChI=1S/C14H13Cl2N3O3/c15-8-2-1-7(5-9(8)16)12-11-10(17-14(22)18-12)6-19(3-4-20)13(11)21/h1-2,5,12,20H,3-4,6H2,(H2,17,18,22). The number of carbonyl (C=O) groups is 2. The molecule has 3 amide bonds.